The quantitative estimate of drug-likeness (QED) is 0.469. The highest BCUT2D eigenvalue weighted by molar-refractivity contribution is 7.89. The molecule has 2 N–H and O–H groups in total. The van der Waals surface area contributed by atoms with E-state index < -0.39 is 10.0 Å². The molecule has 4 aromatic rings. The SMILES string of the molecule is COc1ncc(-c2ccc3nc(N)n(-c4ccccc4)c(=O)c3c2)cc1S(=O)(=O)N1CCCC1. The van der Waals surface area contributed by atoms with Gasteiger partial charge in [0, 0.05) is 24.8 Å². The molecule has 1 aliphatic heterocycles. The summed E-state index contributed by atoms with van der Waals surface area (Å²) >= 11 is 0. The number of hydrogen-bond donors (Lipinski definition) is 1. The first kappa shape index (κ1) is 22.1. The second kappa shape index (κ2) is 8.54. The number of rotatable bonds is 5. The number of benzene rings is 2. The molecule has 1 fully saturated rings. The maximum atomic E-state index is 13.3. The van der Waals surface area contributed by atoms with E-state index in [-0.39, 0.29) is 22.3 Å². The molecule has 1 aliphatic rings. The van der Waals surface area contributed by atoms with Crippen molar-refractivity contribution in [2.75, 3.05) is 25.9 Å². The molecule has 5 rings (SSSR count). The van der Waals surface area contributed by atoms with Crippen molar-refractivity contribution in [2.24, 2.45) is 0 Å². The van der Waals surface area contributed by atoms with Gasteiger partial charge in [-0.15, -0.1) is 0 Å². The van der Waals surface area contributed by atoms with E-state index in [2.05, 4.69) is 9.97 Å². The first-order valence-corrected chi connectivity index (χ1v) is 12.3. The minimum atomic E-state index is -3.76. The van der Waals surface area contributed by atoms with Crippen LogP contribution in [0, 0.1) is 0 Å². The van der Waals surface area contributed by atoms with Crippen molar-refractivity contribution in [3.05, 3.63) is 71.1 Å². The van der Waals surface area contributed by atoms with E-state index in [1.165, 1.54) is 22.2 Å². The Morgan fingerprint density at radius 2 is 1.74 bits per heavy atom. The fraction of sp³-hybridized carbons (Fsp3) is 0.208. The number of anilines is 1. The number of nitrogens with two attached hydrogens (primary N) is 1. The van der Waals surface area contributed by atoms with Crippen LogP contribution < -0.4 is 16.0 Å². The van der Waals surface area contributed by atoms with Gasteiger partial charge in [-0.1, -0.05) is 24.3 Å². The van der Waals surface area contributed by atoms with E-state index in [0.717, 1.165) is 12.8 Å². The van der Waals surface area contributed by atoms with Crippen LogP contribution in [0.4, 0.5) is 5.95 Å². The van der Waals surface area contributed by atoms with Crippen LogP contribution in [0.3, 0.4) is 0 Å². The van der Waals surface area contributed by atoms with Gasteiger partial charge < -0.3 is 10.5 Å². The summed E-state index contributed by atoms with van der Waals surface area (Å²) in [6.07, 6.45) is 3.18. The molecule has 0 spiro atoms. The molecule has 0 amide bonds. The normalized spacial score (nSPS) is 14.5. The smallest absolute Gasteiger partial charge is 0.267 e. The maximum absolute atomic E-state index is 13.3. The van der Waals surface area contributed by atoms with Gasteiger partial charge in [-0.25, -0.2) is 23.0 Å². The molecule has 34 heavy (non-hydrogen) atoms. The summed E-state index contributed by atoms with van der Waals surface area (Å²) in [5.74, 6) is 0.124. The Labute approximate surface area is 196 Å². The summed E-state index contributed by atoms with van der Waals surface area (Å²) < 4.78 is 34.5. The molecule has 0 aliphatic carbocycles. The molecule has 174 valence electrons. The fourth-order valence-corrected chi connectivity index (χ4v) is 5.85. The van der Waals surface area contributed by atoms with Crippen LogP contribution in [-0.4, -0.2) is 47.5 Å². The highest BCUT2D eigenvalue weighted by atomic mass is 32.2. The Morgan fingerprint density at radius 3 is 2.44 bits per heavy atom. The number of aromatic nitrogens is 3. The topological polar surface area (TPSA) is 120 Å². The molecule has 0 radical (unpaired) electrons. The third-order valence-corrected chi connectivity index (χ3v) is 7.83. The lowest BCUT2D eigenvalue weighted by Crippen LogP contribution is -2.28. The number of ether oxygens (including phenoxy) is 1. The van der Waals surface area contributed by atoms with E-state index in [9.17, 15) is 13.2 Å². The van der Waals surface area contributed by atoms with Gasteiger partial charge in [-0.05, 0) is 48.7 Å². The van der Waals surface area contributed by atoms with E-state index in [0.29, 0.717) is 40.8 Å². The predicted molar refractivity (Wildman–Crippen MR) is 130 cm³/mol. The molecule has 2 aromatic heterocycles. The lowest BCUT2D eigenvalue weighted by molar-refractivity contribution is 0.381. The van der Waals surface area contributed by atoms with Gasteiger partial charge in [0.05, 0.1) is 23.7 Å². The molecular formula is C24H23N5O4S. The zero-order valence-electron chi connectivity index (χ0n) is 18.5. The van der Waals surface area contributed by atoms with E-state index >= 15 is 0 Å². The minimum Gasteiger partial charge on any atom is -0.480 e. The number of para-hydroxylation sites is 1. The highest BCUT2D eigenvalue weighted by Crippen LogP contribution is 2.32. The zero-order valence-corrected chi connectivity index (χ0v) is 19.3. The van der Waals surface area contributed by atoms with Crippen LogP contribution in [0.5, 0.6) is 5.88 Å². The number of nitrogen functional groups attached to an aromatic ring is 1. The number of fused-ring (bicyclic) bond motifs is 1. The number of pyridine rings is 1. The monoisotopic (exact) mass is 477 g/mol. The molecular weight excluding hydrogens is 454 g/mol. The Hall–Kier alpha value is -3.76. The average molecular weight is 478 g/mol. The molecule has 10 heteroatoms. The maximum Gasteiger partial charge on any atom is 0.267 e. The van der Waals surface area contributed by atoms with Crippen LogP contribution in [0.1, 0.15) is 12.8 Å². The van der Waals surface area contributed by atoms with Crippen LogP contribution >= 0.6 is 0 Å². The summed E-state index contributed by atoms with van der Waals surface area (Å²) in [5.41, 5.74) is 8.00. The second-order valence-electron chi connectivity index (χ2n) is 8.02. The molecule has 1 saturated heterocycles. The molecule has 0 atom stereocenters. The molecule has 2 aromatic carbocycles. The second-order valence-corrected chi connectivity index (χ2v) is 9.93. The third-order valence-electron chi connectivity index (χ3n) is 5.94. The van der Waals surface area contributed by atoms with Gasteiger partial charge in [0.15, 0.2) is 0 Å². The summed E-state index contributed by atoms with van der Waals surface area (Å²) in [4.78, 5) is 22.0. The zero-order chi connectivity index (χ0) is 23.9. The number of hydrogen-bond acceptors (Lipinski definition) is 7. The van der Waals surface area contributed by atoms with Crippen molar-refractivity contribution in [2.45, 2.75) is 17.7 Å². The van der Waals surface area contributed by atoms with Gasteiger partial charge in [-0.3, -0.25) is 4.79 Å². The van der Waals surface area contributed by atoms with Crippen LogP contribution in [0.15, 0.2) is 70.5 Å². The van der Waals surface area contributed by atoms with Crippen LogP contribution in [0.2, 0.25) is 0 Å². The van der Waals surface area contributed by atoms with E-state index in [1.807, 2.05) is 18.2 Å². The number of methoxy groups -OCH3 is 1. The van der Waals surface area contributed by atoms with Crippen molar-refractivity contribution in [1.82, 2.24) is 18.8 Å². The molecule has 9 nitrogen and oxygen atoms in total. The van der Waals surface area contributed by atoms with Gasteiger partial charge >= 0.3 is 0 Å². The lowest BCUT2D eigenvalue weighted by atomic mass is 10.1. The summed E-state index contributed by atoms with van der Waals surface area (Å²) in [6, 6.07) is 15.7. The van der Waals surface area contributed by atoms with E-state index in [4.69, 9.17) is 10.5 Å². The van der Waals surface area contributed by atoms with Gasteiger partial charge in [0.2, 0.25) is 21.9 Å². The Kier molecular flexibility index (Phi) is 5.54. The molecule has 0 saturated carbocycles. The Balaban J connectivity index is 1.66. The average Bonchev–Trinajstić information content (AvgIpc) is 3.40. The first-order valence-electron chi connectivity index (χ1n) is 10.8. The Bertz CT molecular complexity index is 1550. The molecule has 3 heterocycles. The van der Waals surface area contributed by atoms with Crippen molar-refractivity contribution >= 4 is 26.9 Å². The highest BCUT2D eigenvalue weighted by Gasteiger charge is 2.31. The number of nitrogens with zero attached hydrogens (tertiary/aromatic N) is 4. The van der Waals surface area contributed by atoms with Gasteiger partial charge in [0.25, 0.3) is 5.56 Å². The van der Waals surface area contributed by atoms with Gasteiger partial charge in [-0.2, -0.15) is 4.31 Å². The lowest BCUT2D eigenvalue weighted by Gasteiger charge is -2.18. The van der Waals surface area contributed by atoms with Crippen LogP contribution in [-0.2, 0) is 10.0 Å². The Morgan fingerprint density at radius 1 is 1.00 bits per heavy atom. The van der Waals surface area contributed by atoms with Crippen molar-refractivity contribution < 1.29 is 13.2 Å². The van der Waals surface area contributed by atoms with Crippen LogP contribution in [0.25, 0.3) is 27.7 Å². The predicted octanol–water partition coefficient (Wildman–Crippen LogP) is 2.82. The number of sulfonamides is 1. The summed E-state index contributed by atoms with van der Waals surface area (Å²) in [7, 11) is -2.37. The first-order chi connectivity index (χ1) is 16.4. The molecule has 0 bridgehead atoms. The standard InChI is InChI=1S/C24H23N5O4S/c1-33-22-21(34(31,32)28-11-5-6-12-28)14-17(15-26-22)16-9-10-20-19(13-16)23(30)29(24(25)27-20)18-7-3-2-4-8-18/h2-4,7-10,13-15H,5-6,11-12H2,1H3,(H2,25,27). The van der Waals surface area contributed by atoms with Gasteiger partial charge in [0.1, 0.15) is 4.90 Å². The molecule has 0 unspecified atom stereocenters. The summed E-state index contributed by atoms with van der Waals surface area (Å²) in [5, 5.41) is 0.357. The minimum absolute atomic E-state index is 0.00613. The van der Waals surface area contributed by atoms with Crippen molar-refractivity contribution in [1.29, 1.82) is 0 Å². The van der Waals surface area contributed by atoms with E-state index in [1.54, 1.807) is 36.4 Å². The fourth-order valence-electron chi connectivity index (χ4n) is 4.20. The largest absolute Gasteiger partial charge is 0.480 e. The van der Waals surface area contributed by atoms with Crippen molar-refractivity contribution in [3.63, 3.8) is 0 Å². The summed E-state index contributed by atoms with van der Waals surface area (Å²) in [6.45, 7) is 0.940. The third kappa shape index (κ3) is 3.70. The van der Waals surface area contributed by atoms with Crippen molar-refractivity contribution in [3.8, 4) is 22.7 Å².